The first kappa shape index (κ1) is 17.4. The minimum Gasteiger partial charge on any atom is -0.451 e. The molecule has 3 aromatic rings. The molecule has 6 heteroatoms. The number of aromatic amines is 1. The van der Waals surface area contributed by atoms with Gasteiger partial charge < -0.3 is 15.0 Å². The molecule has 2 N–H and O–H groups in total. The lowest BCUT2D eigenvalue weighted by Crippen LogP contribution is -2.22. The number of aromatic nitrogens is 1. The van der Waals surface area contributed by atoms with Crippen molar-refractivity contribution in [2.24, 2.45) is 0 Å². The summed E-state index contributed by atoms with van der Waals surface area (Å²) in [4.78, 5) is 39.1. The number of ether oxygens (including phenoxy) is 1. The van der Waals surface area contributed by atoms with Crippen LogP contribution < -0.4 is 10.7 Å². The molecule has 0 saturated heterocycles. The number of amides is 1. The zero-order valence-corrected chi connectivity index (χ0v) is 14.5. The smallest absolute Gasteiger partial charge is 0.355 e. The van der Waals surface area contributed by atoms with Gasteiger partial charge in [0, 0.05) is 22.7 Å². The van der Waals surface area contributed by atoms with Crippen LogP contribution in [-0.2, 0) is 9.53 Å². The normalized spacial score (nSPS) is 10.5. The average molecular weight is 350 g/mol. The Bertz CT molecular complexity index is 1050. The highest BCUT2D eigenvalue weighted by molar-refractivity contribution is 5.96. The van der Waals surface area contributed by atoms with Crippen molar-refractivity contribution in [1.29, 1.82) is 0 Å². The number of para-hydroxylation sites is 1. The van der Waals surface area contributed by atoms with E-state index in [1.165, 1.54) is 6.07 Å². The fraction of sp³-hybridized carbons (Fsp3) is 0.150. The monoisotopic (exact) mass is 350 g/mol. The highest BCUT2D eigenvalue weighted by Gasteiger charge is 2.13. The quantitative estimate of drug-likeness (QED) is 0.708. The number of anilines is 1. The maximum Gasteiger partial charge on any atom is 0.355 e. The Balaban J connectivity index is 1.68. The molecule has 0 bridgehead atoms. The largest absolute Gasteiger partial charge is 0.451 e. The Labute approximate surface area is 149 Å². The SMILES string of the molecule is Cc1ccc(C)c(NC(=O)COC(=O)c2cc(=O)c3ccccc3[nH]2)c1. The summed E-state index contributed by atoms with van der Waals surface area (Å²) in [5, 5.41) is 3.19. The van der Waals surface area contributed by atoms with Crippen molar-refractivity contribution in [1.82, 2.24) is 4.98 Å². The first-order valence-electron chi connectivity index (χ1n) is 8.10. The predicted octanol–water partition coefficient (Wildman–Crippen LogP) is 2.94. The Hall–Kier alpha value is -3.41. The van der Waals surface area contributed by atoms with Crippen molar-refractivity contribution in [2.45, 2.75) is 13.8 Å². The number of hydrogen-bond donors (Lipinski definition) is 2. The number of carbonyl (C=O) groups excluding carboxylic acids is 2. The van der Waals surface area contributed by atoms with E-state index in [0.717, 1.165) is 11.1 Å². The lowest BCUT2D eigenvalue weighted by atomic mass is 10.1. The molecule has 2 aromatic carbocycles. The van der Waals surface area contributed by atoms with E-state index in [0.29, 0.717) is 16.6 Å². The summed E-state index contributed by atoms with van der Waals surface area (Å²) in [5.74, 6) is -1.21. The first-order valence-corrected chi connectivity index (χ1v) is 8.10. The van der Waals surface area contributed by atoms with Crippen molar-refractivity contribution >= 4 is 28.5 Å². The molecule has 0 aliphatic heterocycles. The topological polar surface area (TPSA) is 88.3 Å². The van der Waals surface area contributed by atoms with Crippen molar-refractivity contribution in [3.05, 3.63) is 75.6 Å². The molecule has 6 nitrogen and oxygen atoms in total. The summed E-state index contributed by atoms with van der Waals surface area (Å²) in [5.41, 5.74) is 2.85. The van der Waals surface area contributed by atoms with Crippen molar-refractivity contribution in [2.75, 3.05) is 11.9 Å². The first-order chi connectivity index (χ1) is 12.4. The zero-order valence-electron chi connectivity index (χ0n) is 14.5. The Morgan fingerprint density at radius 1 is 1.08 bits per heavy atom. The molecule has 26 heavy (non-hydrogen) atoms. The summed E-state index contributed by atoms with van der Waals surface area (Å²) in [6, 6.07) is 13.7. The van der Waals surface area contributed by atoms with E-state index in [1.807, 2.05) is 32.0 Å². The molecular formula is C20H18N2O4. The molecule has 3 rings (SSSR count). The number of fused-ring (bicyclic) bond motifs is 1. The highest BCUT2D eigenvalue weighted by atomic mass is 16.5. The maximum atomic E-state index is 12.1. The minimum absolute atomic E-state index is 0.00763. The molecule has 0 fully saturated rings. The van der Waals surface area contributed by atoms with E-state index in [2.05, 4.69) is 10.3 Å². The second-order valence-electron chi connectivity index (χ2n) is 6.04. The number of pyridine rings is 1. The second-order valence-corrected chi connectivity index (χ2v) is 6.04. The lowest BCUT2D eigenvalue weighted by Gasteiger charge is -2.10. The average Bonchev–Trinajstić information content (AvgIpc) is 2.62. The van der Waals surface area contributed by atoms with Gasteiger partial charge in [-0.05, 0) is 43.2 Å². The molecule has 0 aliphatic carbocycles. The fourth-order valence-electron chi connectivity index (χ4n) is 2.57. The van der Waals surface area contributed by atoms with Crippen LogP contribution in [0.3, 0.4) is 0 Å². The molecule has 1 aromatic heterocycles. The van der Waals surface area contributed by atoms with Crippen LogP contribution in [0.15, 0.2) is 53.3 Å². The van der Waals surface area contributed by atoms with Gasteiger partial charge in [-0.2, -0.15) is 0 Å². The van der Waals surface area contributed by atoms with Gasteiger partial charge in [-0.1, -0.05) is 24.3 Å². The predicted molar refractivity (Wildman–Crippen MR) is 99.4 cm³/mol. The molecule has 1 heterocycles. The Kier molecular flexibility index (Phi) is 4.84. The van der Waals surface area contributed by atoms with Crippen LogP contribution in [0.2, 0.25) is 0 Å². The standard InChI is InChI=1S/C20H18N2O4/c1-12-7-8-13(2)16(9-12)22-19(24)11-26-20(25)17-10-18(23)14-5-3-4-6-15(14)21-17/h3-10H,11H2,1-2H3,(H,21,23)(H,22,24). The van der Waals surface area contributed by atoms with Gasteiger partial charge in [0.2, 0.25) is 0 Å². The van der Waals surface area contributed by atoms with E-state index in [4.69, 9.17) is 4.74 Å². The number of esters is 1. The van der Waals surface area contributed by atoms with Crippen LogP contribution in [0.4, 0.5) is 5.69 Å². The van der Waals surface area contributed by atoms with Gasteiger partial charge in [-0.25, -0.2) is 4.79 Å². The number of hydrogen-bond acceptors (Lipinski definition) is 4. The minimum atomic E-state index is -0.760. The number of nitrogens with one attached hydrogen (secondary N) is 2. The summed E-state index contributed by atoms with van der Waals surface area (Å²) < 4.78 is 5.01. The summed E-state index contributed by atoms with van der Waals surface area (Å²) in [6.45, 7) is 3.35. The third-order valence-corrected chi connectivity index (χ3v) is 3.96. The lowest BCUT2D eigenvalue weighted by molar-refractivity contribution is -0.119. The third kappa shape index (κ3) is 3.80. The van der Waals surface area contributed by atoms with Crippen molar-refractivity contribution < 1.29 is 14.3 Å². The van der Waals surface area contributed by atoms with Gasteiger partial charge in [-0.15, -0.1) is 0 Å². The van der Waals surface area contributed by atoms with Gasteiger partial charge in [0.1, 0.15) is 5.69 Å². The van der Waals surface area contributed by atoms with Gasteiger partial charge in [0.15, 0.2) is 12.0 Å². The Morgan fingerprint density at radius 2 is 1.85 bits per heavy atom. The van der Waals surface area contributed by atoms with Gasteiger partial charge in [0.05, 0.1) is 0 Å². The maximum absolute atomic E-state index is 12.1. The van der Waals surface area contributed by atoms with Crippen LogP contribution in [0.25, 0.3) is 10.9 Å². The van der Waals surface area contributed by atoms with E-state index in [-0.39, 0.29) is 11.1 Å². The Morgan fingerprint density at radius 3 is 2.65 bits per heavy atom. The van der Waals surface area contributed by atoms with Crippen molar-refractivity contribution in [3.8, 4) is 0 Å². The molecule has 0 radical (unpaired) electrons. The molecule has 0 unspecified atom stereocenters. The van der Waals surface area contributed by atoms with Gasteiger partial charge in [-0.3, -0.25) is 9.59 Å². The van der Waals surface area contributed by atoms with Crippen molar-refractivity contribution in [3.63, 3.8) is 0 Å². The summed E-state index contributed by atoms with van der Waals surface area (Å²) in [7, 11) is 0. The number of benzene rings is 2. The second kappa shape index (κ2) is 7.23. The number of aryl methyl sites for hydroxylation is 2. The zero-order chi connectivity index (χ0) is 18.7. The van der Waals surface area contributed by atoms with E-state index in [9.17, 15) is 14.4 Å². The highest BCUT2D eigenvalue weighted by Crippen LogP contribution is 2.16. The van der Waals surface area contributed by atoms with Crippen LogP contribution in [0.1, 0.15) is 21.6 Å². The van der Waals surface area contributed by atoms with E-state index >= 15 is 0 Å². The molecule has 0 spiro atoms. The number of carbonyl (C=O) groups is 2. The summed E-state index contributed by atoms with van der Waals surface area (Å²) in [6.07, 6.45) is 0. The summed E-state index contributed by atoms with van der Waals surface area (Å²) >= 11 is 0. The molecule has 0 atom stereocenters. The molecule has 0 saturated carbocycles. The van der Waals surface area contributed by atoms with Crippen LogP contribution in [-0.4, -0.2) is 23.5 Å². The van der Waals surface area contributed by atoms with E-state index in [1.54, 1.807) is 24.3 Å². The molecule has 1 amide bonds. The molecule has 0 aliphatic rings. The van der Waals surface area contributed by atoms with Crippen LogP contribution in [0, 0.1) is 13.8 Å². The molecule has 132 valence electrons. The number of rotatable bonds is 4. The third-order valence-electron chi connectivity index (χ3n) is 3.96. The van der Waals surface area contributed by atoms with Gasteiger partial charge >= 0.3 is 5.97 Å². The fourth-order valence-corrected chi connectivity index (χ4v) is 2.57. The van der Waals surface area contributed by atoms with Gasteiger partial charge in [0.25, 0.3) is 5.91 Å². The molecular weight excluding hydrogens is 332 g/mol. The number of H-pyrrole nitrogens is 1. The van der Waals surface area contributed by atoms with Crippen LogP contribution in [0.5, 0.6) is 0 Å². The van der Waals surface area contributed by atoms with E-state index < -0.39 is 18.5 Å². The van der Waals surface area contributed by atoms with Crippen LogP contribution >= 0.6 is 0 Å².